The highest BCUT2D eigenvalue weighted by molar-refractivity contribution is 14.1. The second kappa shape index (κ2) is 9.07. The minimum atomic E-state index is -0.491. The van der Waals surface area contributed by atoms with Crippen molar-refractivity contribution in [3.05, 3.63) is 65.8 Å². The van der Waals surface area contributed by atoms with Crippen LogP contribution in [-0.2, 0) is 40.0 Å². The molecule has 0 bridgehead atoms. The smallest absolute Gasteiger partial charge is 0.314 e. The van der Waals surface area contributed by atoms with Crippen LogP contribution in [0.3, 0.4) is 0 Å². The quantitative estimate of drug-likeness (QED) is 0.285. The molecule has 0 heterocycles. The fourth-order valence-electron chi connectivity index (χ4n) is 5.10. The second-order valence-corrected chi connectivity index (χ2v) is 11.5. The van der Waals surface area contributed by atoms with Gasteiger partial charge in [0.15, 0.2) is 0 Å². The van der Waals surface area contributed by atoms with Crippen molar-refractivity contribution in [2.75, 3.05) is 13.1 Å². The molecule has 0 radical (unpaired) electrons. The molecule has 2 aromatic carbocycles. The Hall–Kier alpha value is -1.04. The Balaban J connectivity index is 1.39. The highest BCUT2D eigenvalue weighted by Gasteiger charge is 2.42. The van der Waals surface area contributed by atoms with Crippen LogP contribution in [0.15, 0.2) is 36.4 Å². The zero-order valence-electron chi connectivity index (χ0n) is 17.3. The van der Waals surface area contributed by atoms with Gasteiger partial charge >= 0.3 is 11.9 Å². The summed E-state index contributed by atoms with van der Waals surface area (Å²) < 4.78 is 7.65. The van der Waals surface area contributed by atoms with Gasteiger partial charge in [-0.2, -0.15) is 0 Å². The largest absolute Gasteiger partial charge is 0.393 e. The molecule has 164 valence electrons. The van der Waals surface area contributed by atoms with E-state index in [9.17, 15) is 9.59 Å². The minimum absolute atomic E-state index is 0.147. The number of carbonyl (C=O) groups is 2. The number of hydrogen-bond donors (Lipinski definition) is 2. The van der Waals surface area contributed by atoms with Crippen molar-refractivity contribution in [3.8, 4) is 0 Å². The van der Waals surface area contributed by atoms with Gasteiger partial charge in [0.05, 0.1) is 12.8 Å². The number of ether oxygens (including phenoxy) is 1. The molecule has 5 nitrogen and oxygen atoms in total. The molecule has 2 aliphatic carbocycles. The number of nitrogens with two attached hydrogens (primary N) is 2. The summed E-state index contributed by atoms with van der Waals surface area (Å²) in [5.74, 6) is -0.981. The number of carbonyl (C=O) groups excluding carboxylic acids is 2. The third-order valence-corrected chi connectivity index (χ3v) is 8.45. The van der Waals surface area contributed by atoms with Gasteiger partial charge in [0, 0.05) is 18.0 Å². The van der Waals surface area contributed by atoms with Crippen LogP contribution in [0, 0.1) is 18.0 Å². The van der Waals surface area contributed by atoms with Gasteiger partial charge in [0.25, 0.3) is 0 Å². The van der Waals surface area contributed by atoms with Crippen molar-refractivity contribution in [3.63, 3.8) is 0 Å². The standard InChI is InChI=1S/C24H26I2N2O3/c25-18-5-4-15-7-23(13-27,9-17(15)6-18)11-21(29)31-22(30)12-24(14-28)8-16-2-1-3-20(26)19(16)10-24/h1-6H,7-14,27-28H2. The molecular weight excluding hydrogens is 618 g/mol. The van der Waals surface area contributed by atoms with Crippen LogP contribution in [0.4, 0.5) is 0 Å². The lowest BCUT2D eigenvalue weighted by atomic mass is 9.81. The molecule has 0 spiro atoms. The summed E-state index contributed by atoms with van der Waals surface area (Å²) in [6, 6.07) is 12.5. The minimum Gasteiger partial charge on any atom is -0.393 e. The lowest BCUT2D eigenvalue weighted by Crippen LogP contribution is -2.37. The van der Waals surface area contributed by atoms with Gasteiger partial charge in [0.2, 0.25) is 0 Å². The summed E-state index contributed by atoms with van der Waals surface area (Å²) in [5, 5.41) is 0. The summed E-state index contributed by atoms with van der Waals surface area (Å²) in [7, 11) is 0. The first-order chi connectivity index (χ1) is 14.8. The van der Waals surface area contributed by atoms with Crippen LogP contribution in [-0.4, -0.2) is 25.0 Å². The van der Waals surface area contributed by atoms with Crippen molar-refractivity contribution in [1.82, 2.24) is 0 Å². The average molecular weight is 644 g/mol. The topological polar surface area (TPSA) is 95.4 Å². The number of halogens is 2. The number of esters is 2. The molecule has 2 unspecified atom stereocenters. The molecular formula is C24H26I2N2O3. The highest BCUT2D eigenvalue weighted by Crippen LogP contribution is 2.42. The van der Waals surface area contributed by atoms with E-state index < -0.39 is 11.9 Å². The third-order valence-electron chi connectivity index (χ3n) is 6.76. The predicted octanol–water partition coefficient (Wildman–Crippen LogP) is 3.53. The Morgan fingerprint density at radius 1 is 0.839 bits per heavy atom. The van der Waals surface area contributed by atoms with Crippen molar-refractivity contribution >= 4 is 57.1 Å². The Morgan fingerprint density at radius 3 is 2.10 bits per heavy atom. The van der Waals surface area contributed by atoms with Crippen LogP contribution in [0.2, 0.25) is 0 Å². The molecule has 2 aromatic rings. The molecule has 7 heteroatoms. The summed E-state index contributed by atoms with van der Waals surface area (Å²) in [6.45, 7) is 0.754. The number of benzene rings is 2. The van der Waals surface area contributed by atoms with Gasteiger partial charge in [0.1, 0.15) is 0 Å². The monoisotopic (exact) mass is 644 g/mol. The van der Waals surface area contributed by atoms with Crippen molar-refractivity contribution in [2.24, 2.45) is 22.3 Å². The Morgan fingerprint density at radius 2 is 1.45 bits per heavy atom. The molecule has 0 aromatic heterocycles. The molecule has 2 atom stereocenters. The Labute approximate surface area is 209 Å². The van der Waals surface area contributed by atoms with Crippen LogP contribution < -0.4 is 11.5 Å². The maximum Gasteiger partial charge on any atom is 0.314 e. The summed E-state index contributed by atoms with van der Waals surface area (Å²) in [5.41, 5.74) is 16.4. The second-order valence-electron chi connectivity index (χ2n) is 9.11. The fraction of sp³-hybridized carbons (Fsp3) is 0.417. The Bertz CT molecular complexity index is 1040. The van der Waals surface area contributed by atoms with E-state index in [0.717, 1.165) is 25.7 Å². The average Bonchev–Trinajstić information content (AvgIpc) is 3.26. The first-order valence-corrected chi connectivity index (χ1v) is 12.6. The van der Waals surface area contributed by atoms with E-state index in [1.54, 1.807) is 0 Å². The molecule has 4 rings (SSSR count). The zero-order chi connectivity index (χ0) is 22.2. The number of fused-ring (bicyclic) bond motifs is 2. The Kier molecular flexibility index (Phi) is 6.77. The van der Waals surface area contributed by atoms with E-state index in [0.29, 0.717) is 13.1 Å². The molecule has 0 amide bonds. The molecule has 4 N–H and O–H groups in total. The summed E-state index contributed by atoms with van der Waals surface area (Å²) in [6.07, 6.45) is 3.24. The molecule has 0 saturated heterocycles. The highest BCUT2D eigenvalue weighted by atomic mass is 127. The SMILES string of the molecule is NCC1(CC(=O)OC(=O)CC2(CN)Cc3cccc(I)c3C2)Cc2ccc(I)cc2C1. The van der Waals surface area contributed by atoms with Gasteiger partial charge in [-0.1, -0.05) is 18.2 Å². The van der Waals surface area contributed by atoms with Crippen molar-refractivity contribution < 1.29 is 14.3 Å². The van der Waals surface area contributed by atoms with Gasteiger partial charge in [-0.3, -0.25) is 9.59 Å². The van der Waals surface area contributed by atoms with Gasteiger partial charge < -0.3 is 16.2 Å². The lowest BCUT2D eigenvalue weighted by Gasteiger charge is -2.27. The molecule has 0 saturated carbocycles. The lowest BCUT2D eigenvalue weighted by molar-refractivity contribution is -0.162. The maximum atomic E-state index is 12.7. The first-order valence-electron chi connectivity index (χ1n) is 10.4. The zero-order valence-corrected chi connectivity index (χ0v) is 21.6. The third kappa shape index (κ3) is 4.84. The summed E-state index contributed by atoms with van der Waals surface area (Å²) in [4.78, 5) is 25.4. The molecule has 0 fully saturated rings. The van der Waals surface area contributed by atoms with E-state index in [1.807, 2.05) is 6.07 Å². The van der Waals surface area contributed by atoms with E-state index in [-0.39, 0.29) is 23.7 Å². The molecule has 0 aliphatic heterocycles. The van der Waals surface area contributed by atoms with Crippen LogP contribution >= 0.6 is 45.2 Å². The van der Waals surface area contributed by atoms with Crippen molar-refractivity contribution in [1.29, 1.82) is 0 Å². The molecule has 31 heavy (non-hydrogen) atoms. The first kappa shape index (κ1) is 23.1. The predicted molar refractivity (Wildman–Crippen MR) is 136 cm³/mol. The van der Waals surface area contributed by atoms with Gasteiger partial charge in [-0.05, 0) is 124 Å². The number of rotatable bonds is 6. The normalized spacial score (nSPS) is 24.0. The maximum absolute atomic E-state index is 12.7. The van der Waals surface area contributed by atoms with Crippen molar-refractivity contribution in [2.45, 2.75) is 38.5 Å². The van der Waals surface area contributed by atoms with Crippen LogP contribution in [0.5, 0.6) is 0 Å². The van der Waals surface area contributed by atoms with Crippen LogP contribution in [0.25, 0.3) is 0 Å². The van der Waals surface area contributed by atoms with Gasteiger partial charge in [-0.15, -0.1) is 0 Å². The fourth-order valence-corrected chi connectivity index (χ4v) is 6.41. The van der Waals surface area contributed by atoms with Crippen LogP contribution in [0.1, 0.15) is 35.1 Å². The molecule has 2 aliphatic rings. The number of hydrogen-bond acceptors (Lipinski definition) is 5. The van der Waals surface area contributed by atoms with E-state index in [4.69, 9.17) is 16.2 Å². The summed E-state index contributed by atoms with van der Waals surface area (Å²) >= 11 is 4.62. The van der Waals surface area contributed by atoms with E-state index >= 15 is 0 Å². The van der Waals surface area contributed by atoms with E-state index in [1.165, 1.54) is 29.4 Å². The van der Waals surface area contributed by atoms with E-state index in [2.05, 4.69) is 75.5 Å². The van der Waals surface area contributed by atoms with Gasteiger partial charge in [-0.25, -0.2) is 0 Å².